The molecule has 1 saturated heterocycles. The Hall–Kier alpha value is -5.46. The standard InChI is InChI=1S/C28H35N5O6.C7H9N.CH2O/c1-28(2)26(37)33(27(38)32(28)16-18-9-10-20(29-3)23(13-18)39-4)22(12-17-7-8-17)25(36)31-21(14-24(34)35)19-6-5-11-30-15-19;1-6-4-2-3-5-7(6)8;1-2/h5-6,9-11,13,15,17,21-22,29H,7-8,12,14,16H2,1-4H3,(H,31,36)(H,34,35);2-5H,8H2,1H3;1H2. The number of benzene rings is 2. The largest absolute Gasteiger partial charge is 0.495 e. The van der Waals surface area contributed by atoms with Crippen LogP contribution in [0.15, 0.2) is 67.0 Å². The van der Waals surface area contributed by atoms with Crippen LogP contribution < -0.4 is 21.1 Å². The molecule has 2 unspecified atom stereocenters. The van der Waals surface area contributed by atoms with Crippen molar-refractivity contribution in [2.45, 2.75) is 70.6 Å². The number of carboxylic acids is 1. The second kappa shape index (κ2) is 17.1. The van der Waals surface area contributed by atoms with E-state index in [4.69, 9.17) is 15.3 Å². The lowest BCUT2D eigenvalue weighted by Gasteiger charge is -2.28. The summed E-state index contributed by atoms with van der Waals surface area (Å²) >= 11 is 0. The van der Waals surface area contributed by atoms with Gasteiger partial charge in [0, 0.05) is 31.7 Å². The fourth-order valence-corrected chi connectivity index (χ4v) is 5.49. The van der Waals surface area contributed by atoms with Crippen molar-refractivity contribution in [1.29, 1.82) is 0 Å². The Morgan fingerprint density at radius 2 is 1.82 bits per heavy atom. The number of pyridine rings is 1. The number of ether oxygens (including phenoxy) is 1. The van der Waals surface area contributed by atoms with Crippen LogP contribution in [0.3, 0.4) is 0 Å². The third kappa shape index (κ3) is 9.55. The summed E-state index contributed by atoms with van der Waals surface area (Å²) in [6, 6.07) is 14.2. The fraction of sp³-hybridized carbons (Fsp3) is 0.389. The Morgan fingerprint density at radius 1 is 1.12 bits per heavy atom. The molecule has 0 bridgehead atoms. The third-order valence-corrected chi connectivity index (χ3v) is 8.57. The molecule has 2 atom stereocenters. The molecule has 1 saturated carbocycles. The number of aryl methyl sites for hydroxylation is 1. The van der Waals surface area contributed by atoms with Gasteiger partial charge in [0.1, 0.15) is 24.1 Å². The summed E-state index contributed by atoms with van der Waals surface area (Å²) in [5.41, 5.74) is 8.42. The Balaban J connectivity index is 0.000000563. The highest BCUT2D eigenvalue weighted by atomic mass is 16.5. The zero-order valence-corrected chi connectivity index (χ0v) is 28.6. The second-order valence-electron chi connectivity index (χ2n) is 12.4. The van der Waals surface area contributed by atoms with E-state index in [2.05, 4.69) is 15.6 Å². The lowest BCUT2D eigenvalue weighted by molar-refractivity contribution is -0.140. The molecular weight excluding hydrogens is 628 g/mol. The number of imide groups is 1. The van der Waals surface area contributed by atoms with E-state index in [0.29, 0.717) is 17.7 Å². The second-order valence-corrected chi connectivity index (χ2v) is 12.4. The molecule has 0 spiro atoms. The van der Waals surface area contributed by atoms with E-state index >= 15 is 0 Å². The molecule has 2 heterocycles. The minimum absolute atomic E-state index is 0.142. The summed E-state index contributed by atoms with van der Waals surface area (Å²) in [6.45, 7) is 7.47. The molecular formula is C36H46N6O7. The van der Waals surface area contributed by atoms with E-state index in [1.807, 2.05) is 50.1 Å². The molecule has 49 heavy (non-hydrogen) atoms. The minimum atomic E-state index is -1.20. The number of anilines is 2. The highest BCUT2D eigenvalue weighted by Crippen LogP contribution is 2.39. The van der Waals surface area contributed by atoms with Gasteiger partial charge < -0.3 is 35.9 Å². The summed E-state index contributed by atoms with van der Waals surface area (Å²) in [4.78, 5) is 67.3. The van der Waals surface area contributed by atoms with Crippen LogP contribution in [0, 0.1) is 12.8 Å². The first kappa shape index (κ1) is 38.0. The van der Waals surface area contributed by atoms with Gasteiger partial charge in [-0.15, -0.1) is 0 Å². The Kier molecular flexibility index (Phi) is 13.3. The molecule has 262 valence electrons. The van der Waals surface area contributed by atoms with Crippen molar-refractivity contribution < 1.29 is 33.8 Å². The van der Waals surface area contributed by atoms with Gasteiger partial charge in [0.25, 0.3) is 5.91 Å². The highest BCUT2D eigenvalue weighted by molar-refractivity contribution is 6.09. The molecule has 2 fully saturated rings. The quantitative estimate of drug-likeness (QED) is 0.157. The monoisotopic (exact) mass is 674 g/mol. The first-order chi connectivity index (χ1) is 23.4. The zero-order valence-electron chi connectivity index (χ0n) is 28.6. The SMILES string of the molecule is C=O.CNc1ccc(CN2C(=O)N(C(CC3CC3)C(=O)NC(CC(=O)O)c3cccnc3)C(=O)C2(C)C)cc1OC.Cc1ccccc1N. The average Bonchev–Trinajstić information content (AvgIpc) is 3.90. The number of amides is 4. The molecule has 1 aliphatic carbocycles. The van der Waals surface area contributed by atoms with Crippen LogP contribution in [-0.2, 0) is 25.7 Å². The van der Waals surface area contributed by atoms with Crippen LogP contribution in [0.4, 0.5) is 16.2 Å². The number of hydrogen-bond donors (Lipinski definition) is 4. The van der Waals surface area contributed by atoms with Crippen LogP contribution in [0.5, 0.6) is 5.75 Å². The molecule has 13 nitrogen and oxygen atoms in total. The molecule has 5 rings (SSSR count). The lowest BCUT2D eigenvalue weighted by atomic mass is 10.0. The van der Waals surface area contributed by atoms with Gasteiger partial charge in [-0.2, -0.15) is 0 Å². The molecule has 1 aliphatic heterocycles. The van der Waals surface area contributed by atoms with Gasteiger partial charge in [-0.05, 0) is 74.1 Å². The number of nitrogens with one attached hydrogen (secondary N) is 2. The van der Waals surface area contributed by atoms with Crippen molar-refractivity contribution in [2.75, 3.05) is 25.2 Å². The Morgan fingerprint density at radius 3 is 2.35 bits per heavy atom. The maximum atomic E-state index is 13.8. The van der Waals surface area contributed by atoms with Gasteiger partial charge in [-0.3, -0.25) is 19.4 Å². The smallest absolute Gasteiger partial charge is 0.328 e. The van der Waals surface area contributed by atoms with Crippen molar-refractivity contribution in [3.63, 3.8) is 0 Å². The Bertz CT molecular complexity index is 1590. The van der Waals surface area contributed by atoms with Crippen molar-refractivity contribution in [3.8, 4) is 5.75 Å². The lowest BCUT2D eigenvalue weighted by Crippen LogP contribution is -2.51. The van der Waals surface area contributed by atoms with E-state index in [-0.39, 0.29) is 18.9 Å². The molecule has 2 aromatic carbocycles. The van der Waals surface area contributed by atoms with Gasteiger partial charge in [-0.1, -0.05) is 43.2 Å². The van der Waals surface area contributed by atoms with E-state index in [0.717, 1.165) is 40.2 Å². The predicted octanol–water partition coefficient (Wildman–Crippen LogP) is 4.57. The Labute approximate surface area is 286 Å². The van der Waals surface area contributed by atoms with Crippen molar-refractivity contribution in [1.82, 2.24) is 20.1 Å². The number of nitrogens with zero attached hydrogens (tertiary/aromatic N) is 3. The molecule has 4 amide bonds. The maximum absolute atomic E-state index is 13.8. The number of para-hydroxylation sites is 1. The highest BCUT2D eigenvalue weighted by Gasteiger charge is 2.55. The normalized spacial score (nSPS) is 15.9. The summed E-state index contributed by atoms with van der Waals surface area (Å²) in [7, 11) is 3.34. The molecule has 0 radical (unpaired) electrons. The summed E-state index contributed by atoms with van der Waals surface area (Å²) in [5, 5.41) is 15.3. The van der Waals surface area contributed by atoms with Crippen LogP contribution in [-0.4, -0.2) is 76.2 Å². The predicted molar refractivity (Wildman–Crippen MR) is 186 cm³/mol. The zero-order chi connectivity index (χ0) is 36.3. The number of aliphatic carboxylic acids is 1. The first-order valence-electron chi connectivity index (χ1n) is 15.9. The number of carboxylic acid groups (broad SMARTS) is 1. The maximum Gasteiger partial charge on any atom is 0.328 e. The number of carbonyl (C=O) groups excluding carboxylic acids is 4. The molecule has 5 N–H and O–H groups in total. The van der Waals surface area contributed by atoms with Crippen molar-refractivity contribution >= 4 is 42.0 Å². The number of urea groups is 1. The summed E-state index contributed by atoms with van der Waals surface area (Å²) < 4.78 is 5.44. The van der Waals surface area contributed by atoms with Gasteiger partial charge in [0.05, 0.1) is 25.3 Å². The fourth-order valence-electron chi connectivity index (χ4n) is 5.49. The van der Waals surface area contributed by atoms with Crippen LogP contribution in [0.25, 0.3) is 0 Å². The number of hydrogen-bond acceptors (Lipinski definition) is 9. The first-order valence-corrected chi connectivity index (χ1v) is 15.9. The average molecular weight is 675 g/mol. The third-order valence-electron chi connectivity index (χ3n) is 8.57. The number of nitrogens with two attached hydrogens (primary N) is 1. The van der Waals surface area contributed by atoms with E-state index in [1.165, 1.54) is 11.1 Å². The van der Waals surface area contributed by atoms with Crippen LogP contribution >= 0.6 is 0 Å². The number of methoxy groups -OCH3 is 1. The van der Waals surface area contributed by atoms with E-state index in [1.54, 1.807) is 52.4 Å². The number of aromatic nitrogens is 1. The number of rotatable bonds is 12. The van der Waals surface area contributed by atoms with Gasteiger partial charge >= 0.3 is 12.0 Å². The van der Waals surface area contributed by atoms with Gasteiger partial charge in [0.2, 0.25) is 5.91 Å². The molecule has 13 heteroatoms. The van der Waals surface area contributed by atoms with E-state index in [9.17, 15) is 24.3 Å². The van der Waals surface area contributed by atoms with Gasteiger partial charge in [-0.25, -0.2) is 9.69 Å². The molecule has 2 aliphatic rings. The van der Waals surface area contributed by atoms with Crippen molar-refractivity contribution in [2.24, 2.45) is 5.92 Å². The molecule has 1 aromatic heterocycles. The number of nitrogen functional groups attached to an aromatic ring is 1. The van der Waals surface area contributed by atoms with Crippen LogP contribution in [0.1, 0.15) is 62.3 Å². The minimum Gasteiger partial charge on any atom is -0.495 e. The number of carbonyl (C=O) groups is 5. The van der Waals surface area contributed by atoms with Crippen LogP contribution in [0.2, 0.25) is 0 Å². The molecule has 3 aromatic rings. The van der Waals surface area contributed by atoms with E-state index < -0.39 is 41.4 Å². The topological polar surface area (TPSA) is 184 Å². The van der Waals surface area contributed by atoms with Gasteiger partial charge in [0.15, 0.2) is 0 Å². The summed E-state index contributed by atoms with van der Waals surface area (Å²) in [5.74, 6) is -1.30. The van der Waals surface area contributed by atoms with Crippen molar-refractivity contribution in [3.05, 3.63) is 83.7 Å². The summed E-state index contributed by atoms with van der Waals surface area (Å²) in [6.07, 6.45) is 4.83.